The molecule has 0 atom stereocenters. The van der Waals surface area contributed by atoms with E-state index in [2.05, 4.69) is 4.90 Å². The van der Waals surface area contributed by atoms with Gasteiger partial charge in [0, 0.05) is 29.2 Å². The first-order valence-electron chi connectivity index (χ1n) is 9.84. The molecule has 0 aliphatic carbocycles. The van der Waals surface area contributed by atoms with Crippen molar-refractivity contribution < 1.29 is 14.3 Å². The van der Waals surface area contributed by atoms with Crippen LogP contribution in [0.25, 0.3) is 6.08 Å². The lowest BCUT2D eigenvalue weighted by atomic mass is 10.00. The molecule has 0 aromatic heterocycles. The third-order valence-corrected chi connectivity index (χ3v) is 5.82. The van der Waals surface area contributed by atoms with Gasteiger partial charge < -0.3 is 9.47 Å². The van der Waals surface area contributed by atoms with Gasteiger partial charge >= 0.3 is 0 Å². The Hall–Kier alpha value is -3.08. The van der Waals surface area contributed by atoms with E-state index in [1.54, 1.807) is 6.08 Å². The number of Topliss-reactive ketones (excluding diaryl/α,β-unsaturated/α-hetero) is 1. The van der Waals surface area contributed by atoms with Crippen molar-refractivity contribution in [3.05, 3.63) is 99.3 Å². The van der Waals surface area contributed by atoms with Crippen molar-refractivity contribution >= 4 is 23.5 Å². The Labute approximate surface area is 180 Å². The van der Waals surface area contributed by atoms with Crippen molar-refractivity contribution in [2.45, 2.75) is 20.0 Å². The van der Waals surface area contributed by atoms with Gasteiger partial charge in [-0.3, -0.25) is 9.69 Å². The highest BCUT2D eigenvalue weighted by molar-refractivity contribution is 6.31. The van der Waals surface area contributed by atoms with Gasteiger partial charge in [0.1, 0.15) is 18.2 Å². The van der Waals surface area contributed by atoms with Gasteiger partial charge in [-0.1, -0.05) is 60.1 Å². The molecule has 0 unspecified atom stereocenters. The zero-order chi connectivity index (χ0) is 20.7. The minimum absolute atomic E-state index is 0.0945. The van der Waals surface area contributed by atoms with E-state index in [4.69, 9.17) is 21.1 Å². The second kappa shape index (κ2) is 7.63. The van der Waals surface area contributed by atoms with Crippen molar-refractivity contribution in [2.24, 2.45) is 0 Å². The SMILES string of the molecule is Cc1c2c(cc3c1O/C(=C\c1ccccc1)C3=O)CN(Cc1ccccc1Cl)CO2. The molecule has 4 nitrogen and oxygen atoms in total. The van der Waals surface area contributed by atoms with Gasteiger partial charge in [0.25, 0.3) is 0 Å². The average Bonchev–Trinajstić information content (AvgIpc) is 3.06. The Bertz CT molecular complexity index is 1170. The molecule has 0 N–H and O–H groups in total. The van der Waals surface area contributed by atoms with Crippen LogP contribution in [0, 0.1) is 6.92 Å². The number of fused-ring (bicyclic) bond motifs is 2. The van der Waals surface area contributed by atoms with E-state index < -0.39 is 0 Å². The topological polar surface area (TPSA) is 38.8 Å². The molecule has 0 amide bonds. The molecular formula is C25H20ClNO3. The van der Waals surface area contributed by atoms with Crippen LogP contribution in [-0.2, 0) is 13.1 Å². The smallest absolute Gasteiger partial charge is 0.231 e. The monoisotopic (exact) mass is 417 g/mol. The van der Waals surface area contributed by atoms with Crippen LogP contribution in [0.2, 0.25) is 5.02 Å². The number of nitrogens with zero attached hydrogens (tertiary/aromatic N) is 1. The van der Waals surface area contributed by atoms with Crippen LogP contribution in [0.3, 0.4) is 0 Å². The number of carbonyl (C=O) groups is 1. The molecule has 2 aliphatic rings. The maximum Gasteiger partial charge on any atom is 0.231 e. The summed E-state index contributed by atoms with van der Waals surface area (Å²) >= 11 is 6.31. The van der Waals surface area contributed by atoms with Crippen LogP contribution in [-0.4, -0.2) is 17.4 Å². The fourth-order valence-corrected chi connectivity index (χ4v) is 4.16. The number of allylic oxidation sites excluding steroid dienone is 1. The van der Waals surface area contributed by atoms with Crippen molar-refractivity contribution in [1.29, 1.82) is 0 Å². The molecule has 0 fully saturated rings. The van der Waals surface area contributed by atoms with E-state index in [0.29, 0.717) is 36.9 Å². The van der Waals surface area contributed by atoms with Crippen molar-refractivity contribution in [1.82, 2.24) is 4.90 Å². The van der Waals surface area contributed by atoms with Gasteiger partial charge in [0.05, 0.1) is 5.56 Å². The third kappa shape index (κ3) is 3.38. The first-order chi connectivity index (χ1) is 14.6. The van der Waals surface area contributed by atoms with Gasteiger partial charge in [-0.25, -0.2) is 0 Å². The van der Waals surface area contributed by atoms with E-state index in [1.165, 1.54) is 0 Å². The number of benzene rings is 3. The van der Waals surface area contributed by atoms with Crippen molar-refractivity contribution in [3.63, 3.8) is 0 Å². The van der Waals surface area contributed by atoms with Gasteiger partial charge in [0.15, 0.2) is 5.76 Å². The zero-order valence-corrected chi connectivity index (χ0v) is 17.3. The zero-order valence-electron chi connectivity index (χ0n) is 16.5. The van der Waals surface area contributed by atoms with Gasteiger partial charge in [-0.2, -0.15) is 0 Å². The predicted octanol–water partition coefficient (Wildman–Crippen LogP) is 5.62. The van der Waals surface area contributed by atoms with Crippen molar-refractivity contribution in [3.8, 4) is 11.5 Å². The molecule has 0 saturated carbocycles. The van der Waals surface area contributed by atoms with Crippen LogP contribution < -0.4 is 9.47 Å². The first kappa shape index (κ1) is 18.9. The summed E-state index contributed by atoms with van der Waals surface area (Å²) < 4.78 is 12.0. The summed E-state index contributed by atoms with van der Waals surface area (Å²) in [5, 5.41) is 0.743. The highest BCUT2D eigenvalue weighted by atomic mass is 35.5. The van der Waals surface area contributed by atoms with E-state index in [1.807, 2.05) is 67.6 Å². The molecule has 2 heterocycles. The number of hydrogen-bond acceptors (Lipinski definition) is 4. The summed E-state index contributed by atoms with van der Waals surface area (Å²) in [5.41, 5.74) is 4.43. The number of rotatable bonds is 3. The highest BCUT2D eigenvalue weighted by Gasteiger charge is 2.33. The molecule has 0 radical (unpaired) electrons. The lowest BCUT2D eigenvalue weighted by molar-refractivity contribution is 0.0877. The molecule has 5 heteroatoms. The van der Waals surface area contributed by atoms with E-state index in [9.17, 15) is 4.79 Å². The molecule has 30 heavy (non-hydrogen) atoms. The van der Waals surface area contributed by atoms with Gasteiger partial charge in [-0.05, 0) is 36.3 Å². The molecule has 5 rings (SSSR count). The number of hydrogen-bond donors (Lipinski definition) is 0. The Balaban J connectivity index is 1.43. The van der Waals surface area contributed by atoms with Crippen LogP contribution in [0.15, 0.2) is 66.4 Å². The quantitative estimate of drug-likeness (QED) is 0.519. The Morgan fingerprint density at radius 2 is 1.83 bits per heavy atom. The lowest BCUT2D eigenvalue weighted by Gasteiger charge is -2.30. The summed E-state index contributed by atoms with van der Waals surface area (Å²) in [5.74, 6) is 1.65. The Kier molecular flexibility index (Phi) is 4.81. The van der Waals surface area contributed by atoms with Crippen LogP contribution >= 0.6 is 11.6 Å². The van der Waals surface area contributed by atoms with Crippen molar-refractivity contribution in [2.75, 3.05) is 6.73 Å². The van der Waals surface area contributed by atoms with Gasteiger partial charge in [-0.15, -0.1) is 0 Å². The van der Waals surface area contributed by atoms with Gasteiger partial charge in [0.2, 0.25) is 5.78 Å². The minimum Gasteiger partial charge on any atom is -0.477 e. The standard InChI is InChI=1S/C25H20ClNO3/c1-16-24-19(14-27(15-29-24)13-18-9-5-6-10-21(18)26)12-20-23(28)22(30-25(16)20)11-17-7-3-2-4-8-17/h2-12H,13-15H2,1H3/b22-11-. The molecule has 0 bridgehead atoms. The third-order valence-electron chi connectivity index (χ3n) is 5.45. The normalized spacial score (nSPS) is 16.7. The molecule has 2 aliphatic heterocycles. The van der Waals surface area contributed by atoms with E-state index >= 15 is 0 Å². The van der Waals surface area contributed by atoms with E-state index in [0.717, 1.165) is 33.0 Å². The largest absolute Gasteiger partial charge is 0.477 e. The Morgan fingerprint density at radius 1 is 1.07 bits per heavy atom. The van der Waals surface area contributed by atoms with E-state index in [-0.39, 0.29) is 5.78 Å². The molecule has 0 saturated heterocycles. The second-order valence-electron chi connectivity index (χ2n) is 7.57. The maximum absolute atomic E-state index is 13.0. The number of halogens is 1. The first-order valence-corrected chi connectivity index (χ1v) is 10.2. The summed E-state index contributed by atoms with van der Waals surface area (Å²) in [6.07, 6.45) is 1.78. The maximum atomic E-state index is 13.0. The highest BCUT2D eigenvalue weighted by Crippen LogP contribution is 2.43. The molecular weight excluding hydrogens is 398 g/mol. The number of ether oxygens (including phenoxy) is 2. The predicted molar refractivity (Wildman–Crippen MR) is 117 cm³/mol. The summed E-state index contributed by atoms with van der Waals surface area (Å²) in [6, 6.07) is 19.4. The molecule has 3 aromatic carbocycles. The van der Waals surface area contributed by atoms with Crippen LogP contribution in [0.5, 0.6) is 11.5 Å². The average molecular weight is 418 g/mol. The summed E-state index contributed by atoms with van der Waals surface area (Å²) in [4.78, 5) is 15.2. The molecule has 0 spiro atoms. The second-order valence-corrected chi connectivity index (χ2v) is 7.98. The molecule has 3 aromatic rings. The van der Waals surface area contributed by atoms with Crippen LogP contribution in [0.4, 0.5) is 0 Å². The number of carbonyl (C=O) groups excluding carboxylic acids is 1. The number of ketones is 1. The molecule has 150 valence electrons. The lowest BCUT2D eigenvalue weighted by Crippen LogP contribution is -2.32. The summed E-state index contributed by atoms with van der Waals surface area (Å²) in [6.45, 7) is 3.76. The fourth-order valence-electron chi connectivity index (χ4n) is 3.97. The van der Waals surface area contributed by atoms with Crippen LogP contribution in [0.1, 0.15) is 32.6 Å². The minimum atomic E-state index is -0.0945. The Morgan fingerprint density at radius 3 is 2.63 bits per heavy atom. The fraction of sp³-hybridized carbons (Fsp3) is 0.160. The summed E-state index contributed by atoms with van der Waals surface area (Å²) in [7, 11) is 0.